The molecule has 0 aliphatic carbocycles. The van der Waals surface area contributed by atoms with E-state index in [9.17, 15) is 9.59 Å². The number of ether oxygens (including phenoxy) is 1. The van der Waals surface area contributed by atoms with Crippen molar-refractivity contribution in [1.82, 2.24) is 10.2 Å². The Morgan fingerprint density at radius 3 is 2.14 bits per heavy atom. The summed E-state index contributed by atoms with van der Waals surface area (Å²) in [6, 6.07) is 23.1. The summed E-state index contributed by atoms with van der Waals surface area (Å²) in [5.41, 5.74) is 4.68. The first kappa shape index (κ1) is 27.0. The number of hydrogen-bond acceptors (Lipinski definition) is 3. The van der Waals surface area contributed by atoms with Crippen LogP contribution in [0.3, 0.4) is 0 Å². The molecule has 3 aromatic rings. The predicted octanol–water partition coefficient (Wildman–Crippen LogP) is 5.55. The Kier molecular flexibility index (Phi) is 8.92. The van der Waals surface area contributed by atoms with E-state index in [2.05, 4.69) is 5.32 Å². The Balaban J connectivity index is 1.94. The van der Waals surface area contributed by atoms with Crippen LogP contribution in [0.1, 0.15) is 48.6 Å². The van der Waals surface area contributed by atoms with Gasteiger partial charge >= 0.3 is 0 Å². The quantitative estimate of drug-likeness (QED) is 0.432. The molecular formula is C31H38N2O3. The maximum Gasteiger partial charge on any atom is 0.261 e. The van der Waals surface area contributed by atoms with Crippen LogP contribution < -0.4 is 10.1 Å². The van der Waals surface area contributed by atoms with E-state index in [4.69, 9.17) is 4.74 Å². The number of nitrogens with zero attached hydrogens (tertiary/aromatic N) is 1. The minimum absolute atomic E-state index is 0.149. The summed E-state index contributed by atoms with van der Waals surface area (Å²) in [6.07, 6.45) is 0.407. The van der Waals surface area contributed by atoms with Crippen LogP contribution in [0, 0.1) is 20.8 Å². The second-order valence-corrected chi connectivity index (χ2v) is 10.5. The molecule has 5 nitrogen and oxygen atoms in total. The summed E-state index contributed by atoms with van der Waals surface area (Å²) in [4.78, 5) is 28.9. The van der Waals surface area contributed by atoms with Crippen LogP contribution in [0.5, 0.6) is 5.75 Å². The van der Waals surface area contributed by atoms with Crippen molar-refractivity contribution >= 4 is 11.8 Å². The molecule has 3 rings (SSSR count). The zero-order valence-corrected chi connectivity index (χ0v) is 22.3. The topological polar surface area (TPSA) is 58.6 Å². The molecule has 0 fully saturated rings. The van der Waals surface area contributed by atoms with Crippen LogP contribution >= 0.6 is 0 Å². The van der Waals surface area contributed by atoms with Crippen LogP contribution in [-0.2, 0) is 22.6 Å². The van der Waals surface area contributed by atoms with Gasteiger partial charge in [-0.25, -0.2) is 0 Å². The highest BCUT2D eigenvalue weighted by Gasteiger charge is 2.32. The first-order valence-electron chi connectivity index (χ1n) is 12.4. The van der Waals surface area contributed by atoms with Gasteiger partial charge < -0.3 is 15.0 Å². The molecule has 5 heteroatoms. The lowest BCUT2D eigenvalue weighted by Crippen LogP contribution is -2.55. The van der Waals surface area contributed by atoms with Gasteiger partial charge in [-0.05, 0) is 69.9 Å². The average molecular weight is 487 g/mol. The fraction of sp³-hybridized carbons (Fsp3) is 0.355. The Labute approximate surface area is 215 Å². The van der Waals surface area contributed by atoms with Crippen molar-refractivity contribution in [3.8, 4) is 5.75 Å². The summed E-state index contributed by atoms with van der Waals surface area (Å²) in [5, 5.41) is 3.09. The van der Waals surface area contributed by atoms with Crippen molar-refractivity contribution in [3.05, 3.63) is 101 Å². The number of hydrogen-bond donors (Lipinski definition) is 1. The minimum Gasteiger partial charge on any atom is -0.483 e. The van der Waals surface area contributed by atoms with Crippen molar-refractivity contribution in [3.63, 3.8) is 0 Å². The van der Waals surface area contributed by atoms with Gasteiger partial charge in [-0.2, -0.15) is 0 Å². The number of rotatable bonds is 9. The monoisotopic (exact) mass is 486 g/mol. The third-order valence-electron chi connectivity index (χ3n) is 5.94. The van der Waals surface area contributed by atoms with E-state index < -0.39 is 11.6 Å². The van der Waals surface area contributed by atoms with Gasteiger partial charge in [0.05, 0.1) is 0 Å². The largest absolute Gasteiger partial charge is 0.483 e. The highest BCUT2D eigenvalue weighted by atomic mass is 16.5. The van der Waals surface area contributed by atoms with Crippen molar-refractivity contribution in [2.75, 3.05) is 6.61 Å². The van der Waals surface area contributed by atoms with E-state index >= 15 is 0 Å². The standard InChI is InChI=1S/C31H38N2O3/c1-22-13-16-26(17-14-22)20-33(29(34)21-36-28-18-23(2)12-15-24(28)3)27(30(35)32-31(4,5)6)19-25-10-8-7-9-11-25/h7-18,27H,19-21H2,1-6H3,(H,32,35)/t27-/m1/s1. The highest BCUT2D eigenvalue weighted by Crippen LogP contribution is 2.21. The van der Waals surface area contributed by atoms with E-state index in [1.54, 1.807) is 4.90 Å². The second-order valence-electron chi connectivity index (χ2n) is 10.5. The fourth-order valence-electron chi connectivity index (χ4n) is 3.98. The van der Waals surface area contributed by atoms with E-state index in [1.807, 2.05) is 114 Å². The van der Waals surface area contributed by atoms with E-state index in [0.717, 1.165) is 27.8 Å². The van der Waals surface area contributed by atoms with Crippen molar-refractivity contribution in [2.45, 2.75) is 66.1 Å². The molecule has 0 aromatic heterocycles. The van der Waals surface area contributed by atoms with Gasteiger partial charge in [0.25, 0.3) is 5.91 Å². The number of nitrogens with one attached hydrogen (secondary N) is 1. The van der Waals surface area contributed by atoms with Crippen LogP contribution in [-0.4, -0.2) is 34.9 Å². The maximum atomic E-state index is 13.7. The average Bonchev–Trinajstić information content (AvgIpc) is 2.82. The van der Waals surface area contributed by atoms with Gasteiger partial charge in [-0.15, -0.1) is 0 Å². The Bertz CT molecular complexity index is 1160. The molecule has 0 aliphatic rings. The zero-order chi connectivity index (χ0) is 26.3. The van der Waals surface area contributed by atoms with Crippen LogP contribution in [0.15, 0.2) is 72.8 Å². The van der Waals surface area contributed by atoms with E-state index in [0.29, 0.717) is 18.7 Å². The first-order valence-corrected chi connectivity index (χ1v) is 12.4. The van der Waals surface area contributed by atoms with Gasteiger partial charge in [0.2, 0.25) is 5.91 Å². The summed E-state index contributed by atoms with van der Waals surface area (Å²) >= 11 is 0. The van der Waals surface area contributed by atoms with Crippen molar-refractivity contribution in [1.29, 1.82) is 0 Å². The maximum absolute atomic E-state index is 13.7. The lowest BCUT2D eigenvalue weighted by molar-refractivity contribution is -0.143. The molecule has 0 bridgehead atoms. The molecule has 3 aromatic carbocycles. The lowest BCUT2D eigenvalue weighted by Gasteiger charge is -2.34. The van der Waals surface area contributed by atoms with Crippen LogP contribution in [0.25, 0.3) is 0 Å². The molecule has 0 saturated heterocycles. The number of aryl methyl sites for hydroxylation is 3. The summed E-state index contributed by atoms with van der Waals surface area (Å²) in [5.74, 6) is 0.261. The van der Waals surface area contributed by atoms with E-state index in [-0.39, 0.29) is 18.4 Å². The van der Waals surface area contributed by atoms with Crippen LogP contribution in [0.4, 0.5) is 0 Å². The van der Waals surface area contributed by atoms with Gasteiger partial charge in [0, 0.05) is 18.5 Å². The Hall–Kier alpha value is -3.60. The smallest absolute Gasteiger partial charge is 0.261 e. The molecule has 190 valence electrons. The number of benzene rings is 3. The van der Waals surface area contributed by atoms with Gasteiger partial charge in [0.1, 0.15) is 11.8 Å². The molecule has 0 saturated carbocycles. The number of carbonyl (C=O) groups is 2. The second kappa shape index (κ2) is 11.9. The molecule has 0 spiro atoms. The van der Waals surface area contributed by atoms with Crippen molar-refractivity contribution in [2.24, 2.45) is 0 Å². The SMILES string of the molecule is Cc1ccc(CN(C(=O)COc2cc(C)ccc2C)[C@H](Cc2ccccc2)C(=O)NC(C)(C)C)cc1. The first-order chi connectivity index (χ1) is 17.0. The normalized spacial score (nSPS) is 12.1. The summed E-state index contributed by atoms with van der Waals surface area (Å²) < 4.78 is 5.98. The highest BCUT2D eigenvalue weighted by molar-refractivity contribution is 5.89. The predicted molar refractivity (Wildman–Crippen MR) is 145 cm³/mol. The minimum atomic E-state index is -0.692. The molecular weight excluding hydrogens is 448 g/mol. The Morgan fingerprint density at radius 1 is 0.861 bits per heavy atom. The molecule has 0 unspecified atom stereocenters. The summed E-state index contributed by atoms with van der Waals surface area (Å²) in [7, 11) is 0. The molecule has 0 aliphatic heterocycles. The third kappa shape index (κ3) is 7.98. The molecule has 2 amide bonds. The number of carbonyl (C=O) groups excluding carboxylic acids is 2. The summed E-state index contributed by atoms with van der Waals surface area (Å²) in [6.45, 7) is 12.0. The van der Waals surface area contributed by atoms with Gasteiger partial charge in [-0.3, -0.25) is 9.59 Å². The zero-order valence-electron chi connectivity index (χ0n) is 22.3. The molecule has 0 radical (unpaired) electrons. The molecule has 1 atom stereocenters. The van der Waals surface area contributed by atoms with Gasteiger partial charge in [0.15, 0.2) is 6.61 Å². The lowest BCUT2D eigenvalue weighted by atomic mass is 10.0. The fourth-order valence-corrected chi connectivity index (χ4v) is 3.98. The third-order valence-corrected chi connectivity index (χ3v) is 5.94. The Morgan fingerprint density at radius 2 is 1.50 bits per heavy atom. The van der Waals surface area contributed by atoms with E-state index in [1.165, 1.54) is 0 Å². The van der Waals surface area contributed by atoms with Gasteiger partial charge in [-0.1, -0.05) is 72.3 Å². The molecule has 0 heterocycles. The number of amides is 2. The van der Waals surface area contributed by atoms with Crippen molar-refractivity contribution < 1.29 is 14.3 Å². The van der Waals surface area contributed by atoms with Crippen LogP contribution in [0.2, 0.25) is 0 Å². The molecule has 1 N–H and O–H groups in total. The molecule has 36 heavy (non-hydrogen) atoms.